The number of halogens is 2. The van der Waals surface area contributed by atoms with Crippen molar-refractivity contribution in [2.24, 2.45) is 0 Å². The number of nitrogens with one attached hydrogen (secondary N) is 1. The fourth-order valence-electron chi connectivity index (χ4n) is 2.80. The van der Waals surface area contributed by atoms with Gasteiger partial charge in [0.25, 0.3) is 0 Å². The molecule has 2 aromatic carbocycles. The highest BCUT2D eigenvalue weighted by atomic mass is 19.1. The second-order valence-electron chi connectivity index (χ2n) is 5.49. The minimum Gasteiger partial charge on any atom is -0.382 e. The summed E-state index contributed by atoms with van der Waals surface area (Å²) in [4.78, 5) is 0. The largest absolute Gasteiger partial charge is 0.382 e. The second kappa shape index (κ2) is 5.23. The SMILES string of the molecule is Cc1cc(F)ccc1NC1CC(c2ccccc2F)C1. The van der Waals surface area contributed by atoms with Crippen LogP contribution in [-0.4, -0.2) is 6.04 Å². The molecule has 0 aromatic heterocycles. The van der Waals surface area contributed by atoms with E-state index in [4.69, 9.17) is 0 Å². The molecule has 104 valence electrons. The summed E-state index contributed by atoms with van der Waals surface area (Å²) < 4.78 is 26.7. The molecule has 20 heavy (non-hydrogen) atoms. The number of hydrogen-bond acceptors (Lipinski definition) is 1. The van der Waals surface area contributed by atoms with E-state index in [-0.39, 0.29) is 17.6 Å². The number of benzene rings is 2. The Morgan fingerprint density at radius 1 is 1.05 bits per heavy atom. The summed E-state index contributed by atoms with van der Waals surface area (Å²) in [5.74, 6) is -0.0470. The summed E-state index contributed by atoms with van der Waals surface area (Å²) in [5, 5.41) is 3.40. The molecule has 1 nitrogen and oxygen atoms in total. The Balaban J connectivity index is 1.62. The van der Waals surface area contributed by atoms with Gasteiger partial charge in [-0.15, -0.1) is 0 Å². The molecule has 1 aliphatic rings. The third kappa shape index (κ3) is 2.53. The normalized spacial score (nSPS) is 21.4. The lowest BCUT2D eigenvalue weighted by Gasteiger charge is -2.37. The molecule has 1 aliphatic carbocycles. The molecular weight excluding hydrogens is 256 g/mol. The van der Waals surface area contributed by atoms with Gasteiger partial charge in [-0.1, -0.05) is 18.2 Å². The summed E-state index contributed by atoms with van der Waals surface area (Å²) in [5.41, 5.74) is 2.67. The summed E-state index contributed by atoms with van der Waals surface area (Å²) in [6, 6.07) is 12.1. The first kappa shape index (κ1) is 13.1. The molecule has 1 saturated carbocycles. The maximum Gasteiger partial charge on any atom is 0.126 e. The summed E-state index contributed by atoms with van der Waals surface area (Å²) in [6.07, 6.45) is 1.83. The van der Waals surface area contributed by atoms with Gasteiger partial charge in [0, 0.05) is 11.7 Å². The van der Waals surface area contributed by atoms with Crippen LogP contribution in [0.5, 0.6) is 0 Å². The Bertz CT molecular complexity index is 618. The topological polar surface area (TPSA) is 12.0 Å². The maximum atomic E-state index is 13.7. The van der Waals surface area contributed by atoms with E-state index in [9.17, 15) is 8.78 Å². The fraction of sp³-hybridized carbons (Fsp3) is 0.294. The van der Waals surface area contributed by atoms with Gasteiger partial charge in [-0.3, -0.25) is 0 Å². The zero-order valence-electron chi connectivity index (χ0n) is 11.4. The van der Waals surface area contributed by atoms with Crippen LogP contribution in [0.3, 0.4) is 0 Å². The van der Waals surface area contributed by atoms with Crippen LogP contribution in [0.15, 0.2) is 42.5 Å². The second-order valence-corrected chi connectivity index (χ2v) is 5.49. The first-order valence-corrected chi connectivity index (χ1v) is 6.90. The van der Waals surface area contributed by atoms with E-state index in [2.05, 4.69) is 5.32 Å². The predicted molar refractivity (Wildman–Crippen MR) is 76.9 cm³/mol. The van der Waals surface area contributed by atoms with Crippen molar-refractivity contribution in [2.75, 3.05) is 5.32 Å². The minimum absolute atomic E-state index is 0.117. The fourth-order valence-corrected chi connectivity index (χ4v) is 2.80. The van der Waals surface area contributed by atoms with E-state index in [0.29, 0.717) is 6.04 Å². The molecule has 0 amide bonds. The molecule has 1 fully saturated rings. The molecule has 3 rings (SSSR count). The molecule has 3 heteroatoms. The Morgan fingerprint density at radius 2 is 1.80 bits per heavy atom. The summed E-state index contributed by atoms with van der Waals surface area (Å²) in [6.45, 7) is 1.89. The minimum atomic E-state index is -0.217. The maximum absolute atomic E-state index is 13.7. The first-order valence-electron chi connectivity index (χ1n) is 6.90. The predicted octanol–water partition coefficient (Wildman–Crippen LogP) is 4.63. The van der Waals surface area contributed by atoms with Crippen molar-refractivity contribution < 1.29 is 8.78 Å². The molecule has 0 radical (unpaired) electrons. The van der Waals surface area contributed by atoms with Crippen LogP contribution in [0.2, 0.25) is 0 Å². The van der Waals surface area contributed by atoms with Gasteiger partial charge in [-0.05, 0) is 61.1 Å². The van der Waals surface area contributed by atoms with Crippen molar-refractivity contribution in [1.82, 2.24) is 0 Å². The highest BCUT2D eigenvalue weighted by molar-refractivity contribution is 5.52. The first-order chi connectivity index (χ1) is 9.63. The highest BCUT2D eigenvalue weighted by Crippen LogP contribution is 2.39. The molecule has 0 atom stereocenters. The zero-order valence-corrected chi connectivity index (χ0v) is 11.4. The van der Waals surface area contributed by atoms with E-state index in [1.165, 1.54) is 18.2 Å². The van der Waals surface area contributed by atoms with Gasteiger partial charge in [0.1, 0.15) is 11.6 Å². The van der Waals surface area contributed by atoms with E-state index in [0.717, 1.165) is 29.7 Å². The van der Waals surface area contributed by atoms with Gasteiger partial charge in [0.2, 0.25) is 0 Å². The summed E-state index contributed by atoms with van der Waals surface area (Å²) >= 11 is 0. The molecule has 0 heterocycles. The number of aryl methyl sites for hydroxylation is 1. The van der Waals surface area contributed by atoms with E-state index < -0.39 is 0 Å². The van der Waals surface area contributed by atoms with Gasteiger partial charge in [0.05, 0.1) is 0 Å². The lowest BCUT2D eigenvalue weighted by atomic mass is 9.75. The molecule has 2 aromatic rings. The standard InChI is InChI=1S/C17H17F2N/c1-11-8-13(18)6-7-17(11)20-14-9-12(10-14)15-4-2-3-5-16(15)19/h2-8,12,14,20H,9-10H2,1H3. The van der Waals surface area contributed by atoms with Crippen molar-refractivity contribution in [3.8, 4) is 0 Å². The van der Waals surface area contributed by atoms with Crippen molar-refractivity contribution in [2.45, 2.75) is 31.7 Å². The van der Waals surface area contributed by atoms with Crippen LogP contribution in [-0.2, 0) is 0 Å². The van der Waals surface area contributed by atoms with Gasteiger partial charge in [-0.25, -0.2) is 8.78 Å². The van der Waals surface area contributed by atoms with Crippen LogP contribution in [0.25, 0.3) is 0 Å². The van der Waals surface area contributed by atoms with E-state index >= 15 is 0 Å². The average Bonchev–Trinajstić information content (AvgIpc) is 2.37. The van der Waals surface area contributed by atoms with Crippen LogP contribution < -0.4 is 5.32 Å². The number of anilines is 1. The lowest BCUT2D eigenvalue weighted by Crippen LogP contribution is -2.34. The van der Waals surface area contributed by atoms with Crippen molar-refractivity contribution in [3.63, 3.8) is 0 Å². The van der Waals surface area contributed by atoms with Crippen LogP contribution >= 0.6 is 0 Å². The van der Waals surface area contributed by atoms with Gasteiger partial charge >= 0.3 is 0 Å². The Kier molecular flexibility index (Phi) is 3.43. The molecule has 0 bridgehead atoms. The molecular formula is C17H17F2N. The van der Waals surface area contributed by atoms with Crippen LogP contribution in [0, 0.1) is 18.6 Å². The van der Waals surface area contributed by atoms with Gasteiger partial charge < -0.3 is 5.32 Å². The van der Waals surface area contributed by atoms with E-state index in [1.54, 1.807) is 12.1 Å². The average molecular weight is 273 g/mol. The van der Waals surface area contributed by atoms with E-state index in [1.807, 2.05) is 19.1 Å². The lowest BCUT2D eigenvalue weighted by molar-refractivity contribution is 0.363. The monoisotopic (exact) mass is 273 g/mol. The van der Waals surface area contributed by atoms with Crippen LogP contribution in [0.4, 0.5) is 14.5 Å². The Labute approximate surface area is 117 Å². The van der Waals surface area contributed by atoms with Crippen molar-refractivity contribution in [1.29, 1.82) is 0 Å². The number of rotatable bonds is 3. The smallest absolute Gasteiger partial charge is 0.126 e. The third-order valence-electron chi connectivity index (χ3n) is 4.03. The molecule has 0 spiro atoms. The molecule has 0 saturated heterocycles. The molecule has 1 N–H and O–H groups in total. The summed E-state index contributed by atoms with van der Waals surface area (Å²) in [7, 11) is 0. The highest BCUT2D eigenvalue weighted by Gasteiger charge is 2.31. The molecule has 0 aliphatic heterocycles. The Morgan fingerprint density at radius 3 is 2.50 bits per heavy atom. The van der Waals surface area contributed by atoms with Gasteiger partial charge in [0.15, 0.2) is 0 Å². The Hall–Kier alpha value is -1.90. The third-order valence-corrected chi connectivity index (χ3v) is 4.03. The zero-order chi connectivity index (χ0) is 14.1. The quantitative estimate of drug-likeness (QED) is 0.859. The molecule has 0 unspecified atom stereocenters. The van der Waals surface area contributed by atoms with Crippen LogP contribution in [0.1, 0.15) is 29.9 Å². The van der Waals surface area contributed by atoms with Gasteiger partial charge in [-0.2, -0.15) is 0 Å². The number of hydrogen-bond donors (Lipinski definition) is 1. The van der Waals surface area contributed by atoms with Crippen molar-refractivity contribution >= 4 is 5.69 Å². The van der Waals surface area contributed by atoms with Crippen molar-refractivity contribution in [3.05, 3.63) is 65.2 Å².